The van der Waals surface area contributed by atoms with Crippen molar-refractivity contribution < 1.29 is 9.18 Å². The first-order valence-corrected chi connectivity index (χ1v) is 9.48. The Hall–Kier alpha value is -2.31. The zero-order chi connectivity index (χ0) is 17.7. The van der Waals surface area contributed by atoms with Crippen LogP contribution in [0, 0.1) is 17.7 Å². The molecule has 0 unspecified atom stereocenters. The van der Waals surface area contributed by atoms with Gasteiger partial charge in [0.1, 0.15) is 11.6 Å². The van der Waals surface area contributed by atoms with E-state index >= 15 is 0 Å². The first-order chi connectivity index (χ1) is 12.7. The maximum absolute atomic E-state index is 13.8. The summed E-state index contributed by atoms with van der Waals surface area (Å²) in [4.78, 5) is 23.3. The minimum atomic E-state index is -0.417. The van der Waals surface area contributed by atoms with Crippen LogP contribution in [0.25, 0.3) is 0 Å². The summed E-state index contributed by atoms with van der Waals surface area (Å²) in [6.07, 6.45) is 6.34. The van der Waals surface area contributed by atoms with Crippen molar-refractivity contribution in [2.75, 3.05) is 13.1 Å². The highest BCUT2D eigenvalue weighted by atomic mass is 19.1. The molecule has 1 N–H and O–H groups in total. The van der Waals surface area contributed by atoms with Crippen LogP contribution < -0.4 is 0 Å². The fourth-order valence-electron chi connectivity index (χ4n) is 4.11. The third kappa shape index (κ3) is 2.99. The highest BCUT2D eigenvalue weighted by Gasteiger charge is 2.46. The van der Waals surface area contributed by atoms with E-state index in [2.05, 4.69) is 15.2 Å². The molecule has 2 atom stereocenters. The number of hydrogen-bond acceptors (Lipinski definition) is 4. The molecule has 1 saturated heterocycles. The fraction of sp³-hybridized carbons (Fsp3) is 0.579. The molecule has 7 heteroatoms. The third-order valence-electron chi connectivity index (χ3n) is 5.91. The summed E-state index contributed by atoms with van der Waals surface area (Å²) >= 11 is 0. The van der Waals surface area contributed by atoms with Crippen molar-refractivity contribution in [1.82, 2.24) is 25.1 Å². The van der Waals surface area contributed by atoms with Crippen LogP contribution in [0.1, 0.15) is 54.9 Å². The lowest BCUT2D eigenvalue weighted by molar-refractivity contribution is -0.129. The van der Waals surface area contributed by atoms with Gasteiger partial charge in [0.2, 0.25) is 5.91 Å². The summed E-state index contributed by atoms with van der Waals surface area (Å²) in [5.74, 6) is 3.19. The molecule has 2 aromatic rings. The van der Waals surface area contributed by atoms with E-state index in [0.717, 1.165) is 18.2 Å². The van der Waals surface area contributed by atoms with Crippen LogP contribution in [0.2, 0.25) is 0 Å². The Bertz CT molecular complexity index is 829. The molecule has 2 saturated carbocycles. The van der Waals surface area contributed by atoms with E-state index < -0.39 is 5.82 Å². The van der Waals surface area contributed by atoms with Gasteiger partial charge >= 0.3 is 0 Å². The zero-order valence-electron chi connectivity index (χ0n) is 14.6. The van der Waals surface area contributed by atoms with Crippen molar-refractivity contribution in [3.8, 4) is 0 Å². The number of aromatic nitrogens is 4. The summed E-state index contributed by atoms with van der Waals surface area (Å²) in [5.41, 5.74) is 0.222. The molecule has 1 amide bonds. The predicted molar refractivity (Wildman–Crippen MR) is 91.8 cm³/mol. The van der Waals surface area contributed by atoms with Crippen LogP contribution in [0.4, 0.5) is 4.39 Å². The fourth-order valence-corrected chi connectivity index (χ4v) is 4.11. The lowest BCUT2D eigenvalue weighted by atomic mass is 9.91. The van der Waals surface area contributed by atoms with Crippen molar-refractivity contribution in [2.24, 2.45) is 11.8 Å². The normalized spacial score (nSPS) is 25.7. The van der Waals surface area contributed by atoms with E-state index in [1.807, 2.05) is 4.90 Å². The number of pyridine rings is 1. The Labute approximate surface area is 151 Å². The highest BCUT2D eigenvalue weighted by molar-refractivity contribution is 5.78. The van der Waals surface area contributed by atoms with Crippen LogP contribution in [0.3, 0.4) is 0 Å². The number of carbonyl (C=O) groups excluding carboxylic acids is 1. The van der Waals surface area contributed by atoms with Crippen molar-refractivity contribution in [3.63, 3.8) is 0 Å². The van der Waals surface area contributed by atoms with Gasteiger partial charge < -0.3 is 4.90 Å². The number of rotatable bonds is 5. The van der Waals surface area contributed by atoms with Gasteiger partial charge in [0.05, 0.1) is 12.1 Å². The molecule has 2 aromatic heterocycles. The van der Waals surface area contributed by atoms with E-state index in [1.165, 1.54) is 37.9 Å². The molecule has 3 heterocycles. The van der Waals surface area contributed by atoms with Gasteiger partial charge in [-0.25, -0.2) is 9.37 Å². The van der Waals surface area contributed by atoms with Gasteiger partial charge in [0.15, 0.2) is 5.82 Å². The van der Waals surface area contributed by atoms with Crippen molar-refractivity contribution >= 4 is 5.91 Å². The number of halogens is 1. The molecule has 0 bridgehead atoms. The number of aromatic amines is 1. The molecule has 0 radical (unpaired) electrons. The number of carbonyl (C=O) groups is 1. The molecule has 26 heavy (non-hydrogen) atoms. The lowest BCUT2D eigenvalue weighted by Gasteiger charge is -2.16. The summed E-state index contributed by atoms with van der Waals surface area (Å²) in [7, 11) is 0. The van der Waals surface area contributed by atoms with E-state index in [1.54, 1.807) is 6.07 Å². The predicted octanol–water partition coefficient (Wildman–Crippen LogP) is 2.41. The molecule has 3 aliphatic rings. The molecule has 0 aromatic carbocycles. The van der Waals surface area contributed by atoms with Gasteiger partial charge in [0.25, 0.3) is 0 Å². The average Bonchev–Trinajstić information content (AvgIpc) is 3.57. The number of amides is 1. The topological polar surface area (TPSA) is 74.8 Å². The molecule has 6 nitrogen and oxygen atoms in total. The van der Waals surface area contributed by atoms with Gasteiger partial charge in [0, 0.05) is 31.1 Å². The number of hydrogen-bond donors (Lipinski definition) is 1. The van der Waals surface area contributed by atoms with Gasteiger partial charge in [-0.1, -0.05) is 0 Å². The highest BCUT2D eigenvalue weighted by Crippen LogP contribution is 2.47. The standard InChI is InChI=1S/C19H22FN5O/c20-15-2-1-7-21-16(15)8-17(26)25-9-13(11-3-4-11)14(10-25)19-22-18(23-24-19)12-5-6-12/h1-2,7,11-14H,3-6,8-10H2,(H,22,23,24)/t13-,14+/m1/s1. The van der Waals surface area contributed by atoms with Crippen LogP contribution in [-0.4, -0.2) is 44.1 Å². The average molecular weight is 355 g/mol. The van der Waals surface area contributed by atoms with E-state index in [0.29, 0.717) is 24.3 Å². The number of nitrogens with one attached hydrogen (secondary N) is 1. The van der Waals surface area contributed by atoms with E-state index in [9.17, 15) is 9.18 Å². The Morgan fingerprint density at radius 2 is 2.12 bits per heavy atom. The summed E-state index contributed by atoms with van der Waals surface area (Å²) in [6, 6.07) is 2.89. The maximum Gasteiger partial charge on any atom is 0.228 e. The van der Waals surface area contributed by atoms with Crippen molar-refractivity contribution in [2.45, 2.75) is 43.9 Å². The smallest absolute Gasteiger partial charge is 0.228 e. The molecular formula is C19H22FN5O. The second-order valence-corrected chi connectivity index (χ2v) is 7.87. The van der Waals surface area contributed by atoms with Crippen LogP contribution in [0.15, 0.2) is 18.3 Å². The van der Waals surface area contributed by atoms with Crippen LogP contribution >= 0.6 is 0 Å². The monoisotopic (exact) mass is 355 g/mol. The first kappa shape index (κ1) is 15.9. The second-order valence-electron chi connectivity index (χ2n) is 7.87. The summed E-state index contributed by atoms with van der Waals surface area (Å²) in [5, 5.41) is 7.52. The van der Waals surface area contributed by atoms with Crippen molar-refractivity contribution in [3.05, 3.63) is 41.5 Å². The Morgan fingerprint density at radius 3 is 2.85 bits per heavy atom. The number of nitrogens with zero attached hydrogens (tertiary/aromatic N) is 4. The van der Waals surface area contributed by atoms with Gasteiger partial charge in [-0.2, -0.15) is 5.10 Å². The van der Waals surface area contributed by atoms with Crippen LogP contribution in [-0.2, 0) is 11.2 Å². The Kier molecular flexibility index (Phi) is 3.76. The molecule has 136 valence electrons. The van der Waals surface area contributed by atoms with Crippen LogP contribution in [0.5, 0.6) is 0 Å². The zero-order valence-corrected chi connectivity index (χ0v) is 14.6. The SMILES string of the molecule is O=C(Cc1ncccc1F)N1C[C@H](c2nc(C3CC3)n[nH]2)[C@@H](C2CC2)C1. The number of likely N-dealkylation sites (tertiary alicyclic amines) is 1. The molecule has 5 rings (SSSR count). The summed E-state index contributed by atoms with van der Waals surface area (Å²) in [6.45, 7) is 1.36. The molecule has 3 fully saturated rings. The minimum Gasteiger partial charge on any atom is -0.341 e. The largest absolute Gasteiger partial charge is 0.341 e. The second kappa shape index (κ2) is 6.14. The third-order valence-corrected chi connectivity index (χ3v) is 5.91. The first-order valence-electron chi connectivity index (χ1n) is 9.48. The quantitative estimate of drug-likeness (QED) is 0.894. The lowest BCUT2D eigenvalue weighted by Crippen LogP contribution is -2.31. The number of H-pyrrole nitrogens is 1. The van der Waals surface area contributed by atoms with Gasteiger partial charge in [-0.3, -0.25) is 14.9 Å². The molecular weight excluding hydrogens is 333 g/mol. The molecule has 0 spiro atoms. The van der Waals surface area contributed by atoms with Gasteiger partial charge in [-0.15, -0.1) is 0 Å². The van der Waals surface area contributed by atoms with Crippen molar-refractivity contribution in [1.29, 1.82) is 0 Å². The minimum absolute atomic E-state index is 0.0144. The molecule has 2 aliphatic carbocycles. The Morgan fingerprint density at radius 1 is 1.27 bits per heavy atom. The van der Waals surface area contributed by atoms with E-state index in [4.69, 9.17) is 4.98 Å². The maximum atomic E-state index is 13.8. The summed E-state index contributed by atoms with van der Waals surface area (Å²) < 4.78 is 13.8. The van der Waals surface area contributed by atoms with E-state index in [-0.39, 0.29) is 23.9 Å². The Balaban J connectivity index is 1.32. The molecule has 1 aliphatic heterocycles. The van der Waals surface area contributed by atoms with Gasteiger partial charge in [-0.05, 0) is 49.7 Å².